The molecular weight excluding hydrogens is 456 g/mol. The minimum atomic E-state index is -0.308. The lowest BCUT2D eigenvalue weighted by molar-refractivity contribution is 0.102. The molecular formula is C27H32N6O3. The van der Waals surface area contributed by atoms with Crippen molar-refractivity contribution in [1.82, 2.24) is 15.0 Å². The van der Waals surface area contributed by atoms with Crippen molar-refractivity contribution in [3.05, 3.63) is 59.7 Å². The molecule has 2 aliphatic rings. The third-order valence-corrected chi connectivity index (χ3v) is 6.63. The molecule has 9 nitrogen and oxygen atoms in total. The van der Waals surface area contributed by atoms with Crippen LogP contribution in [0.3, 0.4) is 0 Å². The number of hydrogen-bond acceptors (Lipinski definition) is 8. The fraction of sp³-hybridized carbons (Fsp3) is 0.407. The fourth-order valence-electron chi connectivity index (χ4n) is 4.49. The Morgan fingerprint density at radius 1 is 1.08 bits per heavy atom. The van der Waals surface area contributed by atoms with Gasteiger partial charge in [-0.25, -0.2) is 9.97 Å². The molecule has 1 amide bonds. The van der Waals surface area contributed by atoms with Gasteiger partial charge in [-0.3, -0.25) is 9.78 Å². The topological polar surface area (TPSA) is 104 Å². The summed E-state index contributed by atoms with van der Waals surface area (Å²) in [6, 6.07) is 9.52. The molecule has 0 unspecified atom stereocenters. The van der Waals surface area contributed by atoms with Crippen molar-refractivity contribution in [3.8, 4) is 11.1 Å². The number of aryl methyl sites for hydroxylation is 1. The van der Waals surface area contributed by atoms with Crippen LogP contribution in [-0.4, -0.2) is 71.5 Å². The predicted molar refractivity (Wildman–Crippen MR) is 140 cm³/mol. The largest absolute Gasteiger partial charge is 0.389 e. The number of aliphatic hydroxyl groups is 1. The summed E-state index contributed by atoms with van der Waals surface area (Å²) in [6.45, 7) is 9.90. The zero-order valence-corrected chi connectivity index (χ0v) is 20.9. The molecule has 188 valence electrons. The maximum atomic E-state index is 13.3. The molecule has 5 rings (SSSR count). The van der Waals surface area contributed by atoms with E-state index in [-0.39, 0.29) is 17.9 Å². The summed E-state index contributed by atoms with van der Waals surface area (Å²) in [5.41, 5.74) is 4.83. The third-order valence-electron chi connectivity index (χ3n) is 6.63. The minimum absolute atomic E-state index is 0.199. The van der Waals surface area contributed by atoms with E-state index < -0.39 is 0 Å². The highest BCUT2D eigenvalue weighted by Crippen LogP contribution is 2.34. The Kier molecular flexibility index (Phi) is 6.84. The lowest BCUT2D eigenvalue weighted by Gasteiger charge is -2.37. The number of β-amino-alcohol motifs (C(OH)–C–C–N with tert-alkyl or cyclic N) is 1. The summed E-state index contributed by atoms with van der Waals surface area (Å²) in [4.78, 5) is 31.3. The molecule has 3 aromatic heterocycles. The van der Waals surface area contributed by atoms with Crippen LogP contribution in [0.5, 0.6) is 0 Å². The fourth-order valence-corrected chi connectivity index (χ4v) is 4.49. The van der Waals surface area contributed by atoms with Gasteiger partial charge in [0.1, 0.15) is 5.82 Å². The number of nitrogens with one attached hydrogen (secondary N) is 1. The van der Waals surface area contributed by atoms with Crippen molar-refractivity contribution in [3.63, 3.8) is 0 Å². The van der Waals surface area contributed by atoms with Crippen LogP contribution in [0.25, 0.3) is 11.1 Å². The van der Waals surface area contributed by atoms with Crippen LogP contribution in [0.4, 0.5) is 17.3 Å². The number of rotatable bonds is 6. The first-order chi connectivity index (χ1) is 17.4. The maximum Gasteiger partial charge on any atom is 0.255 e. The molecule has 0 aliphatic carbocycles. The van der Waals surface area contributed by atoms with Gasteiger partial charge < -0.3 is 25.0 Å². The number of morpholine rings is 1. The number of pyridine rings is 3. The van der Waals surface area contributed by atoms with Crippen molar-refractivity contribution in [1.29, 1.82) is 0 Å². The van der Waals surface area contributed by atoms with E-state index in [1.165, 1.54) is 0 Å². The molecule has 9 heteroatoms. The van der Waals surface area contributed by atoms with E-state index in [9.17, 15) is 9.90 Å². The summed E-state index contributed by atoms with van der Waals surface area (Å²) in [7, 11) is 0. The molecule has 0 radical (unpaired) electrons. The van der Waals surface area contributed by atoms with Gasteiger partial charge in [0.15, 0.2) is 5.82 Å². The number of carbonyl (C=O) groups is 1. The number of ether oxygens (including phenoxy) is 1. The van der Waals surface area contributed by atoms with Gasteiger partial charge in [0.25, 0.3) is 5.91 Å². The van der Waals surface area contributed by atoms with Crippen LogP contribution >= 0.6 is 0 Å². The molecule has 0 atom stereocenters. The van der Waals surface area contributed by atoms with Crippen molar-refractivity contribution in [2.45, 2.75) is 32.8 Å². The van der Waals surface area contributed by atoms with Crippen LogP contribution in [0.2, 0.25) is 0 Å². The average molecular weight is 489 g/mol. The highest BCUT2D eigenvalue weighted by Gasteiger charge is 2.26. The van der Waals surface area contributed by atoms with E-state index in [0.29, 0.717) is 50.6 Å². The smallest absolute Gasteiger partial charge is 0.255 e. The normalized spacial score (nSPS) is 16.2. The van der Waals surface area contributed by atoms with Crippen LogP contribution < -0.4 is 15.1 Å². The zero-order valence-electron chi connectivity index (χ0n) is 20.9. The SMILES string of the molecule is Cc1nc(N2CCOCC2)c(NC(=O)c2ccnc(C(C)C)c2)cc1-c1ccnc(N2CC(O)C2)c1. The minimum Gasteiger partial charge on any atom is -0.389 e. The third kappa shape index (κ3) is 5.03. The molecule has 5 heterocycles. The lowest BCUT2D eigenvalue weighted by Crippen LogP contribution is -2.51. The Labute approximate surface area is 211 Å². The number of hydrogen-bond donors (Lipinski definition) is 2. The predicted octanol–water partition coefficient (Wildman–Crippen LogP) is 3.24. The van der Waals surface area contributed by atoms with Gasteiger partial charge in [0.2, 0.25) is 0 Å². The van der Waals surface area contributed by atoms with Gasteiger partial charge >= 0.3 is 0 Å². The first-order valence-electron chi connectivity index (χ1n) is 12.4. The average Bonchev–Trinajstić information content (AvgIpc) is 2.88. The van der Waals surface area contributed by atoms with Crippen LogP contribution in [-0.2, 0) is 4.74 Å². The molecule has 3 aromatic rings. The van der Waals surface area contributed by atoms with E-state index in [1.54, 1.807) is 18.5 Å². The molecule has 0 spiro atoms. The van der Waals surface area contributed by atoms with Crippen molar-refractivity contribution in [2.24, 2.45) is 0 Å². The summed E-state index contributed by atoms with van der Waals surface area (Å²) in [5, 5.41) is 12.8. The second kappa shape index (κ2) is 10.2. The molecule has 36 heavy (non-hydrogen) atoms. The quantitative estimate of drug-likeness (QED) is 0.545. The Bertz CT molecular complexity index is 1250. The van der Waals surface area contributed by atoms with E-state index in [1.807, 2.05) is 36.1 Å². The van der Waals surface area contributed by atoms with E-state index in [0.717, 1.165) is 34.2 Å². The molecule has 2 N–H and O–H groups in total. The van der Waals surface area contributed by atoms with Gasteiger partial charge in [0.05, 0.1) is 25.0 Å². The van der Waals surface area contributed by atoms with E-state index >= 15 is 0 Å². The standard InChI is InChI=1S/C27H32N6O3/c1-17(2)23-12-20(5-6-28-23)27(35)31-24-14-22(18(3)30-26(24)32-8-10-36-11-9-32)19-4-7-29-25(13-19)33-15-21(34)16-33/h4-7,12-14,17,21,34H,8-11,15-16H2,1-3H3,(H,31,35). The Morgan fingerprint density at radius 2 is 1.83 bits per heavy atom. The van der Waals surface area contributed by atoms with Crippen molar-refractivity contribution < 1.29 is 14.6 Å². The number of amides is 1. The Morgan fingerprint density at radius 3 is 2.56 bits per heavy atom. The Hall–Kier alpha value is -3.56. The lowest BCUT2D eigenvalue weighted by atomic mass is 10.0. The number of aromatic nitrogens is 3. The summed E-state index contributed by atoms with van der Waals surface area (Å²) in [5.74, 6) is 1.59. The van der Waals surface area contributed by atoms with Gasteiger partial charge in [0, 0.05) is 61.1 Å². The molecule has 0 aromatic carbocycles. The molecule has 0 bridgehead atoms. The highest BCUT2D eigenvalue weighted by molar-refractivity contribution is 6.06. The van der Waals surface area contributed by atoms with Gasteiger partial charge in [-0.1, -0.05) is 13.8 Å². The molecule has 2 fully saturated rings. The summed E-state index contributed by atoms with van der Waals surface area (Å²) in [6.07, 6.45) is 3.14. The molecule has 2 saturated heterocycles. The van der Waals surface area contributed by atoms with Gasteiger partial charge in [-0.15, -0.1) is 0 Å². The number of aliphatic hydroxyl groups excluding tert-OH is 1. The molecule has 2 aliphatic heterocycles. The second-order valence-corrected chi connectivity index (χ2v) is 9.63. The summed E-state index contributed by atoms with van der Waals surface area (Å²) < 4.78 is 5.54. The van der Waals surface area contributed by atoms with E-state index in [2.05, 4.69) is 34.0 Å². The van der Waals surface area contributed by atoms with Crippen molar-refractivity contribution >= 4 is 23.2 Å². The van der Waals surface area contributed by atoms with Crippen LogP contribution in [0, 0.1) is 6.92 Å². The maximum absolute atomic E-state index is 13.3. The molecule has 0 saturated carbocycles. The van der Waals surface area contributed by atoms with Crippen molar-refractivity contribution in [2.75, 3.05) is 54.5 Å². The number of carbonyl (C=O) groups excluding carboxylic acids is 1. The summed E-state index contributed by atoms with van der Waals surface area (Å²) >= 11 is 0. The second-order valence-electron chi connectivity index (χ2n) is 9.63. The van der Waals surface area contributed by atoms with Gasteiger partial charge in [-0.05, 0) is 48.7 Å². The number of nitrogens with zero attached hydrogens (tertiary/aromatic N) is 5. The van der Waals surface area contributed by atoms with Crippen LogP contribution in [0.1, 0.15) is 41.5 Å². The van der Waals surface area contributed by atoms with E-state index in [4.69, 9.17) is 9.72 Å². The van der Waals surface area contributed by atoms with Crippen LogP contribution in [0.15, 0.2) is 42.7 Å². The first kappa shape index (κ1) is 24.1. The van der Waals surface area contributed by atoms with Gasteiger partial charge in [-0.2, -0.15) is 0 Å². The Balaban J connectivity index is 1.51. The highest BCUT2D eigenvalue weighted by atomic mass is 16.5. The number of anilines is 3. The first-order valence-corrected chi connectivity index (χ1v) is 12.4. The zero-order chi connectivity index (χ0) is 25.2. The monoisotopic (exact) mass is 488 g/mol.